The first kappa shape index (κ1) is 26.5. The minimum atomic E-state index is -3.79. The fraction of sp³-hybridized carbons (Fsp3) is 0.357. The summed E-state index contributed by atoms with van der Waals surface area (Å²) in [6.07, 6.45) is 0.744. The van der Waals surface area contributed by atoms with Gasteiger partial charge >= 0.3 is 0 Å². The number of rotatable bonds is 8. The van der Waals surface area contributed by atoms with E-state index in [9.17, 15) is 8.42 Å². The Balaban J connectivity index is 1.96. The van der Waals surface area contributed by atoms with Crippen molar-refractivity contribution in [1.29, 1.82) is 0 Å². The molecule has 1 atom stereocenters. The molecule has 36 heavy (non-hydrogen) atoms. The maximum Gasteiger partial charge on any atom is 0.245 e. The number of hydrogen-bond acceptors (Lipinski definition) is 5. The predicted octanol–water partition coefficient (Wildman–Crippen LogP) is 6.22. The molecule has 1 aliphatic rings. The van der Waals surface area contributed by atoms with Crippen LogP contribution in [0.25, 0.3) is 11.1 Å². The lowest BCUT2D eigenvalue weighted by atomic mass is 10.0. The second-order valence-electron chi connectivity index (χ2n) is 9.42. The number of likely N-dealkylation sites (N-methyl/N-ethyl adjacent to an activating group) is 1. The number of sulfonamides is 1. The van der Waals surface area contributed by atoms with Crippen molar-refractivity contribution >= 4 is 33.0 Å². The Labute approximate surface area is 219 Å². The number of methoxy groups -OCH3 is 1. The van der Waals surface area contributed by atoms with Gasteiger partial charge in [0.05, 0.1) is 12.3 Å². The van der Waals surface area contributed by atoms with Crippen molar-refractivity contribution in [3.05, 3.63) is 71.8 Å². The van der Waals surface area contributed by atoms with E-state index in [1.807, 2.05) is 48.5 Å². The Morgan fingerprint density at radius 2 is 1.72 bits per heavy atom. The maximum absolute atomic E-state index is 14.0. The number of ether oxygens (including phenoxy) is 2. The Hall–Kier alpha value is -2.58. The lowest BCUT2D eigenvalue weighted by Crippen LogP contribution is -2.41. The average Bonchev–Trinajstić information content (AvgIpc) is 2.93. The van der Waals surface area contributed by atoms with Crippen LogP contribution in [0.5, 0.6) is 5.75 Å². The van der Waals surface area contributed by atoms with Crippen LogP contribution in [0.4, 0.5) is 11.4 Å². The van der Waals surface area contributed by atoms with Gasteiger partial charge in [-0.25, -0.2) is 8.42 Å². The average molecular weight is 529 g/mol. The molecule has 0 saturated carbocycles. The minimum Gasteiger partial charge on any atom is -0.490 e. The fourth-order valence-electron chi connectivity index (χ4n) is 4.57. The lowest BCUT2D eigenvalue weighted by molar-refractivity contribution is 0.146. The van der Waals surface area contributed by atoms with Gasteiger partial charge in [-0.2, -0.15) is 4.31 Å². The third-order valence-corrected chi connectivity index (χ3v) is 8.62. The van der Waals surface area contributed by atoms with Crippen molar-refractivity contribution < 1.29 is 17.9 Å². The summed E-state index contributed by atoms with van der Waals surface area (Å²) >= 11 is 6.13. The summed E-state index contributed by atoms with van der Waals surface area (Å²) in [7, 11) is -0.482. The Kier molecular flexibility index (Phi) is 8.25. The van der Waals surface area contributed by atoms with E-state index < -0.39 is 10.0 Å². The highest BCUT2D eigenvalue weighted by atomic mass is 35.5. The predicted molar refractivity (Wildman–Crippen MR) is 146 cm³/mol. The smallest absolute Gasteiger partial charge is 0.245 e. The quantitative estimate of drug-likeness (QED) is 0.325. The third-order valence-electron chi connectivity index (χ3n) is 6.43. The normalized spacial score (nSPS) is 17.6. The summed E-state index contributed by atoms with van der Waals surface area (Å²) in [6, 6.07) is 20.6. The summed E-state index contributed by atoms with van der Waals surface area (Å²) in [6.45, 7) is 5.51. The van der Waals surface area contributed by atoms with Gasteiger partial charge in [0.15, 0.2) is 0 Å². The van der Waals surface area contributed by atoms with Crippen LogP contribution in [0.1, 0.15) is 20.3 Å². The van der Waals surface area contributed by atoms with E-state index in [1.54, 1.807) is 32.4 Å². The van der Waals surface area contributed by atoms with E-state index in [4.69, 9.17) is 21.1 Å². The molecule has 4 rings (SSSR count). The van der Waals surface area contributed by atoms with Crippen molar-refractivity contribution in [2.45, 2.75) is 31.2 Å². The van der Waals surface area contributed by atoms with E-state index in [2.05, 4.69) is 18.7 Å². The molecule has 8 heteroatoms. The SMILES string of the molecule is COCCOc1cc2c(cc1-c1ccc(Cl)cc1)S(=O)(=O)N(C)[C@H](CC(C)C)CN2c1ccccc1. The summed E-state index contributed by atoms with van der Waals surface area (Å²) in [4.78, 5) is 2.35. The largest absolute Gasteiger partial charge is 0.490 e. The second-order valence-corrected chi connectivity index (χ2v) is 11.8. The Morgan fingerprint density at radius 1 is 1.03 bits per heavy atom. The standard InChI is InChI=1S/C28H33ClN2O4S/c1-20(2)16-24-19-31(23-8-6-5-7-9-23)26-18-27(35-15-14-34-4)25(21-10-12-22(29)13-11-21)17-28(26)36(32,33)30(24)3/h5-13,17-18,20,24H,14-16,19H2,1-4H3/t24-/m1/s1. The molecule has 0 bridgehead atoms. The van der Waals surface area contributed by atoms with Crippen LogP contribution in [-0.4, -0.2) is 52.7 Å². The number of halogens is 1. The van der Waals surface area contributed by atoms with E-state index in [0.717, 1.165) is 17.7 Å². The van der Waals surface area contributed by atoms with Gasteiger partial charge < -0.3 is 14.4 Å². The van der Waals surface area contributed by atoms with Gasteiger partial charge in [0.2, 0.25) is 10.0 Å². The van der Waals surface area contributed by atoms with E-state index in [1.165, 1.54) is 4.31 Å². The molecule has 0 saturated heterocycles. The van der Waals surface area contributed by atoms with Crippen LogP contribution in [-0.2, 0) is 14.8 Å². The van der Waals surface area contributed by atoms with E-state index in [0.29, 0.717) is 47.7 Å². The molecular weight excluding hydrogens is 496 g/mol. The highest BCUT2D eigenvalue weighted by molar-refractivity contribution is 7.89. The van der Waals surface area contributed by atoms with E-state index in [-0.39, 0.29) is 10.9 Å². The van der Waals surface area contributed by atoms with Crippen molar-refractivity contribution in [3.63, 3.8) is 0 Å². The molecule has 0 aliphatic carbocycles. The number of hydrogen-bond donors (Lipinski definition) is 0. The molecule has 192 valence electrons. The van der Waals surface area contributed by atoms with Crippen LogP contribution in [0, 0.1) is 5.92 Å². The van der Waals surface area contributed by atoms with Crippen LogP contribution in [0.3, 0.4) is 0 Å². The molecule has 0 spiro atoms. The first-order valence-electron chi connectivity index (χ1n) is 12.1. The van der Waals surface area contributed by atoms with Gasteiger partial charge in [-0.05, 0) is 48.2 Å². The molecule has 3 aromatic carbocycles. The van der Waals surface area contributed by atoms with Crippen LogP contribution in [0.15, 0.2) is 71.6 Å². The van der Waals surface area contributed by atoms with Crippen molar-refractivity contribution in [2.24, 2.45) is 5.92 Å². The second kappa shape index (κ2) is 11.2. The molecule has 1 aliphatic heterocycles. The van der Waals surface area contributed by atoms with Crippen LogP contribution >= 0.6 is 11.6 Å². The minimum absolute atomic E-state index is 0.195. The molecule has 0 amide bonds. The first-order valence-corrected chi connectivity index (χ1v) is 13.9. The first-order chi connectivity index (χ1) is 17.2. The Bertz CT molecular complexity index is 1280. The summed E-state index contributed by atoms with van der Waals surface area (Å²) < 4.78 is 40.9. The summed E-state index contributed by atoms with van der Waals surface area (Å²) in [5, 5.41) is 0.606. The molecule has 0 aromatic heterocycles. The molecule has 0 unspecified atom stereocenters. The number of benzene rings is 3. The Morgan fingerprint density at radius 3 is 2.36 bits per heavy atom. The lowest BCUT2D eigenvalue weighted by Gasteiger charge is -2.30. The summed E-state index contributed by atoms with van der Waals surface area (Å²) in [5.74, 6) is 0.929. The van der Waals surface area contributed by atoms with Gasteiger partial charge in [-0.1, -0.05) is 55.8 Å². The van der Waals surface area contributed by atoms with Gasteiger partial charge in [-0.3, -0.25) is 0 Å². The van der Waals surface area contributed by atoms with Gasteiger partial charge in [-0.15, -0.1) is 0 Å². The van der Waals surface area contributed by atoms with Crippen LogP contribution < -0.4 is 9.64 Å². The zero-order chi connectivity index (χ0) is 25.9. The number of para-hydroxylation sites is 1. The zero-order valence-electron chi connectivity index (χ0n) is 21.1. The van der Waals surface area contributed by atoms with Crippen molar-refractivity contribution in [1.82, 2.24) is 4.31 Å². The van der Waals surface area contributed by atoms with Crippen molar-refractivity contribution in [2.75, 3.05) is 38.8 Å². The summed E-state index contributed by atoms with van der Waals surface area (Å²) in [5.41, 5.74) is 3.04. The molecule has 6 nitrogen and oxygen atoms in total. The highest BCUT2D eigenvalue weighted by Crippen LogP contribution is 2.44. The van der Waals surface area contributed by atoms with Gasteiger partial charge in [0, 0.05) is 49.1 Å². The van der Waals surface area contributed by atoms with Gasteiger partial charge in [0.25, 0.3) is 0 Å². The molecule has 0 N–H and O–H groups in total. The topological polar surface area (TPSA) is 59.1 Å². The number of anilines is 2. The maximum atomic E-state index is 14.0. The third kappa shape index (κ3) is 5.54. The molecule has 0 fully saturated rings. The van der Waals surface area contributed by atoms with Crippen LogP contribution in [0.2, 0.25) is 5.02 Å². The zero-order valence-corrected chi connectivity index (χ0v) is 22.7. The van der Waals surface area contributed by atoms with Crippen molar-refractivity contribution in [3.8, 4) is 16.9 Å². The molecule has 0 radical (unpaired) electrons. The molecular formula is C28H33ClN2O4S. The molecule has 3 aromatic rings. The monoisotopic (exact) mass is 528 g/mol. The van der Waals surface area contributed by atoms with E-state index >= 15 is 0 Å². The molecule has 1 heterocycles. The fourth-order valence-corrected chi connectivity index (χ4v) is 6.25. The number of fused-ring (bicyclic) bond motifs is 1. The highest BCUT2D eigenvalue weighted by Gasteiger charge is 2.38. The van der Waals surface area contributed by atoms with Gasteiger partial charge in [0.1, 0.15) is 17.3 Å². The number of nitrogens with zero attached hydrogens (tertiary/aromatic N) is 2.